The van der Waals surface area contributed by atoms with Crippen LogP contribution in [0.15, 0.2) is 51.4 Å². The van der Waals surface area contributed by atoms with Crippen LogP contribution in [0.2, 0.25) is 0 Å². The van der Waals surface area contributed by atoms with Gasteiger partial charge in [-0.15, -0.1) is 0 Å². The minimum Gasteiger partial charge on any atom is -0.481 e. The van der Waals surface area contributed by atoms with E-state index in [-0.39, 0.29) is 25.1 Å². The topological polar surface area (TPSA) is 71.1 Å². The van der Waals surface area contributed by atoms with Gasteiger partial charge in [-0.25, -0.2) is 9.59 Å². The van der Waals surface area contributed by atoms with Gasteiger partial charge in [0.2, 0.25) is 0 Å². The highest BCUT2D eigenvalue weighted by atomic mass is 79.9. The van der Waals surface area contributed by atoms with Crippen LogP contribution in [0.1, 0.15) is 23.2 Å². The summed E-state index contributed by atoms with van der Waals surface area (Å²) in [6, 6.07) is 11.6. The molecule has 2 aromatic rings. The fourth-order valence-electron chi connectivity index (χ4n) is 2.60. The summed E-state index contributed by atoms with van der Waals surface area (Å²) in [4.78, 5) is 24.2. The van der Waals surface area contributed by atoms with Gasteiger partial charge in [0.15, 0.2) is 6.61 Å². The van der Waals surface area contributed by atoms with Crippen LogP contribution in [0.4, 0.5) is 0 Å². The van der Waals surface area contributed by atoms with Gasteiger partial charge < -0.3 is 18.9 Å². The van der Waals surface area contributed by atoms with Crippen molar-refractivity contribution < 1.29 is 28.5 Å². The molecule has 1 aliphatic rings. The summed E-state index contributed by atoms with van der Waals surface area (Å²) in [6.07, 6.45) is 1.83. The number of halogens is 2. The Bertz CT molecular complexity index is 848. The van der Waals surface area contributed by atoms with E-state index in [1.54, 1.807) is 30.3 Å². The summed E-state index contributed by atoms with van der Waals surface area (Å²) in [5.41, 5.74) is 0.305. The van der Waals surface area contributed by atoms with Gasteiger partial charge in [-0.3, -0.25) is 0 Å². The molecule has 6 nitrogen and oxygen atoms in total. The van der Waals surface area contributed by atoms with Gasteiger partial charge in [0, 0.05) is 11.1 Å². The van der Waals surface area contributed by atoms with Crippen molar-refractivity contribution in [3.63, 3.8) is 0 Å². The SMILES string of the molecule is O=C(COc1ccc(Br)cc1Br)Oc1cccc(C(=O)OCC2CCCO2)c1. The summed E-state index contributed by atoms with van der Waals surface area (Å²) >= 11 is 6.71. The lowest BCUT2D eigenvalue weighted by molar-refractivity contribution is -0.136. The van der Waals surface area contributed by atoms with E-state index in [1.807, 2.05) is 6.07 Å². The molecular weight excluding hydrogens is 496 g/mol. The van der Waals surface area contributed by atoms with Crippen molar-refractivity contribution in [2.75, 3.05) is 19.8 Å². The number of ether oxygens (including phenoxy) is 4. The maximum Gasteiger partial charge on any atom is 0.349 e. The van der Waals surface area contributed by atoms with Crippen molar-refractivity contribution in [2.24, 2.45) is 0 Å². The Balaban J connectivity index is 1.51. The number of esters is 2. The maximum atomic E-state index is 12.2. The highest BCUT2D eigenvalue weighted by Crippen LogP contribution is 2.28. The van der Waals surface area contributed by atoms with E-state index < -0.39 is 11.9 Å². The van der Waals surface area contributed by atoms with Crippen molar-refractivity contribution in [3.8, 4) is 11.5 Å². The molecule has 1 saturated heterocycles. The van der Waals surface area contributed by atoms with Crippen LogP contribution < -0.4 is 9.47 Å². The second-order valence-electron chi connectivity index (χ2n) is 6.10. The highest BCUT2D eigenvalue weighted by molar-refractivity contribution is 9.11. The van der Waals surface area contributed by atoms with Gasteiger partial charge in [0.05, 0.1) is 16.1 Å². The molecule has 0 N–H and O–H groups in total. The van der Waals surface area contributed by atoms with Crippen molar-refractivity contribution in [1.82, 2.24) is 0 Å². The van der Waals surface area contributed by atoms with E-state index >= 15 is 0 Å². The summed E-state index contributed by atoms with van der Waals surface area (Å²) in [6.45, 7) is 0.652. The van der Waals surface area contributed by atoms with Crippen molar-refractivity contribution in [1.29, 1.82) is 0 Å². The van der Waals surface area contributed by atoms with Crippen LogP contribution in [0.5, 0.6) is 11.5 Å². The second kappa shape index (κ2) is 10.0. The van der Waals surface area contributed by atoms with Crippen molar-refractivity contribution >= 4 is 43.8 Å². The Hall–Kier alpha value is -1.90. The van der Waals surface area contributed by atoms with Gasteiger partial charge in [-0.2, -0.15) is 0 Å². The fraction of sp³-hybridized carbons (Fsp3) is 0.300. The molecule has 0 spiro atoms. The number of rotatable bonds is 7. The molecule has 3 rings (SSSR count). The lowest BCUT2D eigenvalue weighted by atomic mass is 10.2. The summed E-state index contributed by atoms with van der Waals surface area (Å²) in [5.74, 6) is -0.301. The standard InChI is InChI=1S/C20H18Br2O6/c21-14-6-7-18(17(22)10-14)26-12-19(23)28-15-4-1-3-13(9-15)20(24)27-11-16-5-2-8-25-16/h1,3-4,6-7,9-10,16H,2,5,8,11-12H2. The Morgan fingerprint density at radius 2 is 2.00 bits per heavy atom. The Kier molecular flexibility index (Phi) is 7.47. The molecule has 0 amide bonds. The molecule has 0 aromatic heterocycles. The Morgan fingerprint density at radius 3 is 2.75 bits per heavy atom. The van der Waals surface area contributed by atoms with Crippen LogP contribution >= 0.6 is 31.9 Å². The van der Waals surface area contributed by atoms with Gasteiger partial charge in [0.1, 0.15) is 18.1 Å². The smallest absolute Gasteiger partial charge is 0.349 e. The van der Waals surface area contributed by atoms with E-state index in [0.29, 0.717) is 22.4 Å². The fourth-order valence-corrected chi connectivity index (χ4v) is 3.77. The molecule has 1 fully saturated rings. The number of hydrogen-bond acceptors (Lipinski definition) is 6. The molecule has 0 bridgehead atoms. The third-order valence-electron chi connectivity index (χ3n) is 3.97. The van der Waals surface area contributed by atoms with Gasteiger partial charge in [-0.1, -0.05) is 22.0 Å². The summed E-state index contributed by atoms with van der Waals surface area (Å²) in [7, 11) is 0. The molecule has 1 unspecified atom stereocenters. The Morgan fingerprint density at radius 1 is 1.14 bits per heavy atom. The molecular formula is C20H18Br2O6. The van der Waals surface area contributed by atoms with Gasteiger partial charge >= 0.3 is 11.9 Å². The average molecular weight is 514 g/mol. The number of carbonyl (C=O) groups is 2. The lowest BCUT2D eigenvalue weighted by Gasteiger charge is -2.11. The molecule has 1 heterocycles. The first-order valence-corrected chi connectivity index (χ1v) is 10.3. The quantitative estimate of drug-likeness (QED) is 0.400. The monoisotopic (exact) mass is 512 g/mol. The number of benzene rings is 2. The molecule has 1 atom stereocenters. The molecule has 0 saturated carbocycles. The van der Waals surface area contributed by atoms with Crippen LogP contribution in [-0.4, -0.2) is 37.9 Å². The van der Waals surface area contributed by atoms with Crippen molar-refractivity contribution in [2.45, 2.75) is 18.9 Å². The molecule has 0 radical (unpaired) electrons. The average Bonchev–Trinajstić information content (AvgIpc) is 3.19. The first-order valence-electron chi connectivity index (χ1n) is 8.68. The zero-order chi connectivity index (χ0) is 19.9. The molecule has 2 aromatic carbocycles. The van der Waals surface area contributed by atoms with E-state index in [2.05, 4.69) is 31.9 Å². The zero-order valence-corrected chi connectivity index (χ0v) is 18.0. The Labute approximate surface area is 179 Å². The minimum absolute atomic E-state index is 0.0416. The van der Waals surface area contributed by atoms with E-state index in [4.69, 9.17) is 18.9 Å². The third kappa shape index (κ3) is 6.05. The van der Waals surface area contributed by atoms with Gasteiger partial charge in [-0.05, 0) is 65.2 Å². The van der Waals surface area contributed by atoms with Crippen LogP contribution in [0.3, 0.4) is 0 Å². The summed E-state index contributed by atoms with van der Waals surface area (Å²) < 4.78 is 23.0. The maximum absolute atomic E-state index is 12.2. The number of carbonyl (C=O) groups excluding carboxylic acids is 2. The third-order valence-corrected chi connectivity index (χ3v) is 5.08. The molecule has 28 heavy (non-hydrogen) atoms. The van der Waals surface area contributed by atoms with Gasteiger partial charge in [0.25, 0.3) is 0 Å². The first-order chi connectivity index (χ1) is 13.5. The number of hydrogen-bond donors (Lipinski definition) is 0. The summed E-state index contributed by atoms with van der Waals surface area (Å²) in [5, 5.41) is 0. The van der Waals surface area contributed by atoms with Crippen molar-refractivity contribution in [3.05, 3.63) is 57.0 Å². The predicted molar refractivity (Wildman–Crippen MR) is 109 cm³/mol. The molecule has 0 aliphatic carbocycles. The molecule has 1 aliphatic heterocycles. The zero-order valence-electron chi connectivity index (χ0n) is 14.9. The molecule has 148 valence electrons. The molecule has 8 heteroatoms. The second-order valence-corrected chi connectivity index (χ2v) is 7.87. The van der Waals surface area contributed by atoms with Crippen LogP contribution in [0, 0.1) is 0 Å². The minimum atomic E-state index is -0.584. The van der Waals surface area contributed by atoms with Crippen LogP contribution in [0.25, 0.3) is 0 Å². The normalized spacial score (nSPS) is 15.9. The highest BCUT2D eigenvalue weighted by Gasteiger charge is 2.18. The van der Waals surface area contributed by atoms with E-state index in [9.17, 15) is 9.59 Å². The largest absolute Gasteiger partial charge is 0.481 e. The van der Waals surface area contributed by atoms with E-state index in [0.717, 1.165) is 17.3 Å². The predicted octanol–water partition coefficient (Wildman–Crippen LogP) is 4.53. The lowest BCUT2D eigenvalue weighted by Crippen LogP contribution is -2.19. The van der Waals surface area contributed by atoms with E-state index in [1.165, 1.54) is 6.07 Å². The first kappa shape index (κ1) is 20.8. The van der Waals surface area contributed by atoms with Crippen LogP contribution in [-0.2, 0) is 14.3 Å².